The number of carbonyl (C=O) groups is 2. The predicted octanol–water partition coefficient (Wildman–Crippen LogP) is -0.144. The van der Waals surface area contributed by atoms with Crippen molar-refractivity contribution in [3.63, 3.8) is 0 Å². The highest BCUT2D eigenvalue weighted by Gasteiger charge is 2.16. The molecule has 0 aliphatic carbocycles. The zero-order chi connectivity index (χ0) is 13.7. The van der Waals surface area contributed by atoms with Crippen molar-refractivity contribution < 1.29 is 14.7 Å². The van der Waals surface area contributed by atoms with Crippen LogP contribution in [-0.2, 0) is 11.3 Å². The Labute approximate surface area is 103 Å². The molecule has 98 valence electrons. The van der Waals surface area contributed by atoms with Gasteiger partial charge in [0.1, 0.15) is 11.7 Å². The molecule has 1 amide bonds. The third-order valence-corrected chi connectivity index (χ3v) is 2.25. The van der Waals surface area contributed by atoms with Crippen LogP contribution < -0.4 is 10.9 Å². The van der Waals surface area contributed by atoms with Crippen molar-refractivity contribution in [3.05, 3.63) is 28.2 Å². The first kappa shape index (κ1) is 13.9. The van der Waals surface area contributed by atoms with Gasteiger partial charge in [0.15, 0.2) is 0 Å². The Balaban J connectivity index is 2.89. The molecule has 0 spiro atoms. The van der Waals surface area contributed by atoms with Crippen molar-refractivity contribution in [1.82, 2.24) is 15.1 Å². The molecule has 1 atom stereocenters. The molecule has 1 unspecified atom stereocenters. The van der Waals surface area contributed by atoms with Crippen LogP contribution in [-0.4, -0.2) is 32.8 Å². The van der Waals surface area contributed by atoms with Crippen molar-refractivity contribution >= 4 is 11.9 Å². The molecule has 0 aliphatic heterocycles. The molecule has 1 rings (SSSR count). The van der Waals surface area contributed by atoms with E-state index in [2.05, 4.69) is 10.4 Å². The van der Waals surface area contributed by atoms with Gasteiger partial charge in [-0.15, -0.1) is 0 Å². The van der Waals surface area contributed by atoms with E-state index in [4.69, 9.17) is 5.11 Å². The number of carbonyl (C=O) groups excluding carboxylic acids is 1. The van der Waals surface area contributed by atoms with Crippen molar-refractivity contribution in [3.8, 4) is 0 Å². The summed E-state index contributed by atoms with van der Waals surface area (Å²) in [6.45, 7) is 3.64. The van der Waals surface area contributed by atoms with E-state index in [9.17, 15) is 14.4 Å². The Morgan fingerprint density at radius 1 is 1.50 bits per heavy atom. The standard InChI is InChI=1S/C11H15N3O4/c1-3-6-14-9(15)5-4-8(13-14)10(16)12-7(2)11(17)18/h4-5,7H,3,6H2,1-2H3,(H,12,16)(H,17,18). The lowest BCUT2D eigenvalue weighted by atomic mass is 10.3. The number of hydrogen-bond acceptors (Lipinski definition) is 4. The number of nitrogens with one attached hydrogen (secondary N) is 1. The second-order valence-electron chi connectivity index (χ2n) is 3.81. The fraction of sp³-hybridized carbons (Fsp3) is 0.455. The largest absolute Gasteiger partial charge is 0.480 e. The summed E-state index contributed by atoms with van der Waals surface area (Å²) in [5.74, 6) is -1.75. The quantitative estimate of drug-likeness (QED) is 0.760. The van der Waals surface area contributed by atoms with Crippen LogP contribution in [0, 0.1) is 0 Å². The van der Waals surface area contributed by atoms with Crippen molar-refractivity contribution in [1.29, 1.82) is 0 Å². The molecule has 1 aromatic heterocycles. The van der Waals surface area contributed by atoms with Gasteiger partial charge in [-0.1, -0.05) is 6.92 Å². The van der Waals surface area contributed by atoms with Crippen LogP contribution in [0.2, 0.25) is 0 Å². The molecule has 7 heteroatoms. The van der Waals surface area contributed by atoms with Gasteiger partial charge in [0, 0.05) is 12.6 Å². The fourth-order valence-electron chi connectivity index (χ4n) is 1.27. The van der Waals surface area contributed by atoms with Gasteiger partial charge in [-0.05, 0) is 19.4 Å². The summed E-state index contributed by atoms with van der Waals surface area (Å²) in [5, 5.41) is 14.8. The lowest BCUT2D eigenvalue weighted by molar-refractivity contribution is -0.138. The number of hydrogen-bond donors (Lipinski definition) is 2. The first-order valence-corrected chi connectivity index (χ1v) is 5.57. The van der Waals surface area contributed by atoms with Crippen molar-refractivity contribution in [2.24, 2.45) is 0 Å². The molecule has 0 bridgehead atoms. The Bertz CT molecular complexity index is 509. The second kappa shape index (κ2) is 5.95. The van der Waals surface area contributed by atoms with Crippen LogP contribution in [0.25, 0.3) is 0 Å². The Kier molecular flexibility index (Phi) is 4.59. The van der Waals surface area contributed by atoms with E-state index in [1.165, 1.54) is 23.7 Å². The van der Waals surface area contributed by atoms with E-state index < -0.39 is 17.9 Å². The monoisotopic (exact) mass is 253 g/mol. The maximum absolute atomic E-state index is 11.7. The summed E-state index contributed by atoms with van der Waals surface area (Å²) in [6.07, 6.45) is 0.712. The summed E-state index contributed by atoms with van der Waals surface area (Å²) in [5.41, 5.74) is -0.268. The molecule has 0 radical (unpaired) electrons. The number of amides is 1. The van der Waals surface area contributed by atoms with Crippen LogP contribution in [0.1, 0.15) is 30.8 Å². The van der Waals surface area contributed by atoms with E-state index in [1.807, 2.05) is 6.92 Å². The Hall–Kier alpha value is -2.18. The second-order valence-corrected chi connectivity index (χ2v) is 3.81. The number of nitrogens with zero attached hydrogens (tertiary/aromatic N) is 2. The minimum absolute atomic E-state index is 0.0242. The van der Waals surface area contributed by atoms with Gasteiger partial charge in [-0.2, -0.15) is 5.10 Å². The third kappa shape index (κ3) is 3.41. The van der Waals surface area contributed by atoms with Crippen molar-refractivity contribution in [2.45, 2.75) is 32.9 Å². The first-order valence-electron chi connectivity index (χ1n) is 5.57. The van der Waals surface area contributed by atoms with Gasteiger partial charge < -0.3 is 10.4 Å². The minimum atomic E-state index is -1.13. The smallest absolute Gasteiger partial charge is 0.325 e. The number of carboxylic acids is 1. The Morgan fingerprint density at radius 2 is 2.17 bits per heavy atom. The molecule has 0 fully saturated rings. The van der Waals surface area contributed by atoms with Gasteiger partial charge in [0.05, 0.1) is 0 Å². The highest BCUT2D eigenvalue weighted by atomic mass is 16.4. The van der Waals surface area contributed by atoms with E-state index in [-0.39, 0.29) is 11.3 Å². The molecule has 1 heterocycles. The molecular weight excluding hydrogens is 238 g/mol. The van der Waals surface area contributed by atoms with Gasteiger partial charge in [-0.3, -0.25) is 14.4 Å². The van der Waals surface area contributed by atoms with Crippen LogP contribution in [0.5, 0.6) is 0 Å². The fourth-order valence-corrected chi connectivity index (χ4v) is 1.27. The lowest BCUT2D eigenvalue weighted by Crippen LogP contribution is -2.39. The lowest BCUT2D eigenvalue weighted by Gasteiger charge is -2.09. The molecule has 0 saturated heterocycles. The third-order valence-electron chi connectivity index (χ3n) is 2.25. The minimum Gasteiger partial charge on any atom is -0.480 e. The number of aryl methyl sites for hydroxylation is 1. The molecule has 0 aromatic carbocycles. The number of carboxylic acid groups (broad SMARTS) is 1. The van der Waals surface area contributed by atoms with Gasteiger partial charge in [0.25, 0.3) is 11.5 Å². The predicted molar refractivity (Wildman–Crippen MR) is 63.4 cm³/mol. The van der Waals surface area contributed by atoms with Crippen LogP contribution >= 0.6 is 0 Å². The highest BCUT2D eigenvalue weighted by Crippen LogP contribution is 1.94. The molecule has 7 nitrogen and oxygen atoms in total. The summed E-state index contributed by atoms with van der Waals surface area (Å²) in [6, 6.07) is 1.51. The number of rotatable bonds is 5. The SMILES string of the molecule is CCCn1nc(C(=O)NC(C)C(=O)O)ccc1=O. The van der Waals surface area contributed by atoms with Crippen LogP contribution in [0.15, 0.2) is 16.9 Å². The topological polar surface area (TPSA) is 101 Å². The van der Waals surface area contributed by atoms with Gasteiger partial charge in [0.2, 0.25) is 0 Å². The highest BCUT2D eigenvalue weighted by molar-refractivity contribution is 5.94. The first-order chi connectivity index (χ1) is 8.45. The summed E-state index contributed by atoms with van der Waals surface area (Å²) in [4.78, 5) is 33.7. The van der Waals surface area contributed by atoms with E-state index >= 15 is 0 Å². The van der Waals surface area contributed by atoms with Crippen LogP contribution in [0.4, 0.5) is 0 Å². The number of aromatic nitrogens is 2. The van der Waals surface area contributed by atoms with Crippen molar-refractivity contribution in [2.75, 3.05) is 0 Å². The average Bonchev–Trinajstić information content (AvgIpc) is 2.31. The zero-order valence-electron chi connectivity index (χ0n) is 10.2. The molecule has 0 aliphatic rings. The molecular formula is C11H15N3O4. The molecule has 2 N–H and O–H groups in total. The average molecular weight is 253 g/mol. The molecule has 1 aromatic rings. The number of aliphatic carboxylic acids is 1. The van der Waals surface area contributed by atoms with E-state index in [1.54, 1.807) is 0 Å². The summed E-state index contributed by atoms with van der Waals surface area (Å²) < 4.78 is 1.18. The molecule has 0 saturated carbocycles. The normalized spacial score (nSPS) is 11.9. The van der Waals surface area contributed by atoms with Crippen LogP contribution in [0.3, 0.4) is 0 Å². The zero-order valence-corrected chi connectivity index (χ0v) is 10.2. The van der Waals surface area contributed by atoms with Gasteiger partial charge >= 0.3 is 5.97 Å². The Morgan fingerprint density at radius 3 is 2.72 bits per heavy atom. The van der Waals surface area contributed by atoms with E-state index in [0.717, 1.165) is 0 Å². The summed E-state index contributed by atoms with van der Waals surface area (Å²) in [7, 11) is 0. The van der Waals surface area contributed by atoms with E-state index in [0.29, 0.717) is 13.0 Å². The van der Waals surface area contributed by atoms with Gasteiger partial charge in [-0.25, -0.2) is 4.68 Å². The molecule has 18 heavy (non-hydrogen) atoms. The maximum Gasteiger partial charge on any atom is 0.325 e. The maximum atomic E-state index is 11.7. The summed E-state index contributed by atoms with van der Waals surface area (Å²) >= 11 is 0.